The summed E-state index contributed by atoms with van der Waals surface area (Å²) in [4.78, 5) is 16.6. The molecule has 33 heavy (non-hydrogen) atoms. The van der Waals surface area contributed by atoms with E-state index in [-0.39, 0.29) is 17.6 Å². The molecule has 0 bridgehead atoms. The lowest BCUT2D eigenvalue weighted by atomic mass is 9.81. The van der Waals surface area contributed by atoms with Gasteiger partial charge in [-0.25, -0.2) is 22.8 Å². The first-order valence-electron chi connectivity index (χ1n) is 9.96. The summed E-state index contributed by atoms with van der Waals surface area (Å²) in [5, 5.41) is 13.1. The van der Waals surface area contributed by atoms with Crippen LogP contribution in [0.15, 0.2) is 28.3 Å². The summed E-state index contributed by atoms with van der Waals surface area (Å²) in [7, 11) is -3.44. The van der Waals surface area contributed by atoms with Gasteiger partial charge in [0.1, 0.15) is 11.3 Å². The number of rotatable bonds is 5. The van der Waals surface area contributed by atoms with Crippen molar-refractivity contribution in [1.29, 1.82) is 4.78 Å². The van der Waals surface area contributed by atoms with Crippen molar-refractivity contribution in [3.05, 3.63) is 40.6 Å². The highest BCUT2D eigenvalue weighted by atomic mass is 32.2. The van der Waals surface area contributed by atoms with E-state index in [4.69, 9.17) is 4.78 Å². The van der Waals surface area contributed by atoms with Crippen LogP contribution in [0.25, 0.3) is 0 Å². The monoisotopic (exact) mass is 493 g/mol. The molecule has 8 nitrogen and oxygen atoms in total. The lowest BCUT2D eigenvalue weighted by molar-refractivity contribution is -0.138. The molecule has 2 heterocycles. The highest BCUT2D eigenvalue weighted by Gasteiger charge is 2.48. The normalized spacial score (nSPS) is 21.0. The Bertz CT molecular complexity index is 1280. The Morgan fingerprint density at radius 3 is 2.52 bits per heavy atom. The minimum Gasteiger partial charge on any atom is -0.428 e. The average molecular weight is 493 g/mol. The van der Waals surface area contributed by atoms with E-state index in [1.54, 1.807) is 0 Å². The number of hydrogen-bond donors (Lipinski definition) is 2. The van der Waals surface area contributed by atoms with Gasteiger partial charge in [-0.2, -0.15) is 23.0 Å². The SMILES string of the molecule is CS(=N)(=O)c1cc(=NC(=O)c2c(C(F)(F)F)c(C3CC3)nn2CC2CC(F)(F)C2)ccn1O. The summed E-state index contributed by atoms with van der Waals surface area (Å²) in [6.45, 7) is -0.284. The van der Waals surface area contributed by atoms with Crippen LogP contribution in [0.4, 0.5) is 22.0 Å². The summed E-state index contributed by atoms with van der Waals surface area (Å²) in [5.41, 5.74) is -2.36. The standard InChI is InChI=1S/C19H20F5N5O3S/c1-33(25,32)13-6-12(4-5-29(13)31)26-17(30)16-14(19(22,23)24)15(11-2-3-11)27-28(16)9-10-7-18(20,21)8-10/h4-6,10-11,25,31H,2-3,7-9H2,1H3. The Kier molecular flexibility index (Phi) is 5.41. The van der Waals surface area contributed by atoms with Crippen LogP contribution >= 0.6 is 0 Å². The molecule has 0 radical (unpaired) electrons. The third kappa shape index (κ3) is 4.80. The second-order valence-corrected chi connectivity index (χ2v) is 10.6. The topological polar surface area (TPSA) is 113 Å². The molecule has 2 aliphatic rings. The van der Waals surface area contributed by atoms with Crippen LogP contribution in [0.2, 0.25) is 0 Å². The highest BCUT2D eigenvalue weighted by molar-refractivity contribution is 7.91. The first kappa shape index (κ1) is 23.4. The zero-order valence-electron chi connectivity index (χ0n) is 17.3. The number of hydrogen-bond acceptors (Lipinski definition) is 5. The van der Waals surface area contributed by atoms with Gasteiger partial charge in [-0.1, -0.05) is 0 Å². The van der Waals surface area contributed by atoms with Crippen molar-refractivity contribution in [2.75, 3.05) is 6.26 Å². The van der Waals surface area contributed by atoms with Gasteiger partial charge in [0.2, 0.25) is 5.92 Å². The summed E-state index contributed by atoms with van der Waals surface area (Å²) in [6, 6.07) is 2.05. The molecule has 1 unspecified atom stereocenters. The van der Waals surface area contributed by atoms with E-state index in [1.807, 2.05) is 0 Å². The maximum absolute atomic E-state index is 14.0. The smallest absolute Gasteiger partial charge is 0.420 e. The predicted octanol–water partition coefficient (Wildman–Crippen LogP) is 3.64. The van der Waals surface area contributed by atoms with Gasteiger partial charge in [0.05, 0.1) is 20.8 Å². The Balaban J connectivity index is 1.81. The number of nitrogens with one attached hydrogen (secondary N) is 1. The van der Waals surface area contributed by atoms with Gasteiger partial charge in [0, 0.05) is 43.8 Å². The zero-order valence-corrected chi connectivity index (χ0v) is 18.1. The van der Waals surface area contributed by atoms with Crippen molar-refractivity contribution >= 4 is 15.6 Å². The Morgan fingerprint density at radius 1 is 1.36 bits per heavy atom. The van der Waals surface area contributed by atoms with E-state index in [1.165, 1.54) is 0 Å². The number of aromatic nitrogens is 3. The molecule has 1 atom stereocenters. The first-order chi connectivity index (χ1) is 15.2. The molecule has 4 rings (SSSR count). The van der Waals surface area contributed by atoms with E-state index in [0.29, 0.717) is 17.6 Å². The van der Waals surface area contributed by atoms with Gasteiger partial charge in [0.25, 0.3) is 5.91 Å². The Hall–Kier alpha value is -2.77. The van der Waals surface area contributed by atoms with Crippen molar-refractivity contribution in [3.63, 3.8) is 0 Å². The van der Waals surface area contributed by atoms with Crippen molar-refractivity contribution in [1.82, 2.24) is 14.5 Å². The van der Waals surface area contributed by atoms with Crippen LogP contribution in [-0.4, -0.2) is 42.0 Å². The molecule has 2 aromatic heterocycles. The van der Waals surface area contributed by atoms with E-state index in [0.717, 1.165) is 29.3 Å². The largest absolute Gasteiger partial charge is 0.428 e. The maximum atomic E-state index is 14.0. The quantitative estimate of drug-likeness (QED) is 0.489. The molecule has 2 fully saturated rings. The molecule has 0 spiro atoms. The third-order valence-corrected chi connectivity index (χ3v) is 6.65. The van der Waals surface area contributed by atoms with Crippen molar-refractivity contribution in [2.45, 2.75) is 55.3 Å². The molecule has 2 aliphatic carbocycles. The van der Waals surface area contributed by atoms with Crippen LogP contribution in [0.3, 0.4) is 0 Å². The molecule has 1 amide bonds. The Morgan fingerprint density at radius 2 is 2.00 bits per heavy atom. The number of halogens is 5. The number of carbonyl (C=O) groups is 1. The summed E-state index contributed by atoms with van der Waals surface area (Å²) in [5.74, 6) is -5.30. The third-order valence-electron chi connectivity index (χ3n) is 5.55. The van der Waals surface area contributed by atoms with Crippen molar-refractivity contribution in [3.8, 4) is 0 Å². The number of amides is 1. The molecule has 0 aromatic carbocycles. The lowest BCUT2D eigenvalue weighted by Gasteiger charge is -2.34. The van der Waals surface area contributed by atoms with Gasteiger partial charge in [-0.15, -0.1) is 0 Å². The van der Waals surface area contributed by atoms with E-state index in [2.05, 4.69) is 10.1 Å². The van der Waals surface area contributed by atoms with Crippen LogP contribution < -0.4 is 5.36 Å². The highest BCUT2D eigenvalue weighted by Crippen LogP contribution is 2.48. The van der Waals surface area contributed by atoms with E-state index in [9.17, 15) is 36.2 Å². The maximum Gasteiger partial charge on any atom is 0.420 e. The van der Waals surface area contributed by atoms with Gasteiger partial charge in [-0.3, -0.25) is 9.48 Å². The number of alkyl halides is 5. The molecule has 2 N–H and O–H groups in total. The molecule has 2 aromatic rings. The molecule has 2 saturated carbocycles. The van der Waals surface area contributed by atoms with Crippen molar-refractivity contribution < 1.29 is 36.2 Å². The second kappa shape index (κ2) is 7.64. The summed E-state index contributed by atoms with van der Waals surface area (Å²) < 4.78 is 89.2. The average Bonchev–Trinajstić information content (AvgIpc) is 3.41. The van der Waals surface area contributed by atoms with Crippen LogP contribution in [0.1, 0.15) is 53.3 Å². The molecule has 180 valence electrons. The molecular weight excluding hydrogens is 473 g/mol. The first-order valence-corrected chi connectivity index (χ1v) is 11.9. The zero-order chi connectivity index (χ0) is 24.3. The molecular formula is C19H20F5N5O3S. The van der Waals surface area contributed by atoms with Crippen LogP contribution in [-0.2, 0) is 22.5 Å². The minimum atomic E-state index is -4.92. The van der Waals surface area contributed by atoms with Gasteiger partial charge < -0.3 is 5.21 Å². The van der Waals surface area contributed by atoms with Gasteiger partial charge in [-0.05, 0) is 24.8 Å². The van der Waals surface area contributed by atoms with Gasteiger partial charge >= 0.3 is 6.18 Å². The Labute approximate surface area is 184 Å². The minimum absolute atomic E-state index is 0.230. The predicted molar refractivity (Wildman–Crippen MR) is 103 cm³/mol. The van der Waals surface area contributed by atoms with Crippen LogP contribution in [0, 0.1) is 10.7 Å². The summed E-state index contributed by atoms with van der Waals surface area (Å²) in [6.07, 6.45) is -3.04. The fraction of sp³-hybridized carbons (Fsp3) is 0.526. The fourth-order valence-electron chi connectivity index (χ4n) is 3.90. The van der Waals surface area contributed by atoms with Crippen molar-refractivity contribution in [2.24, 2.45) is 10.9 Å². The van der Waals surface area contributed by atoms with E-state index >= 15 is 0 Å². The number of carbonyl (C=O) groups excluding carboxylic acids is 1. The molecule has 14 heteroatoms. The molecule has 0 aliphatic heterocycles. The van der Waals surface area contributed by atoms with E-state index < -0.39 is 68.7 Å². The fourth-order valence-corrected chi connectivity index (χ4v) is 4.67. The second-order valence-electron chi connectivity index (χ2n) is 8.52. The van der Waals surface area contributed by atoms with Crippen LogP contribution in [0.5, 0.6) is 0 Å². The van der Waals surface area contributed by atoms with Gasteiger partial charge in [0.15, 0.2) is 5.03 Å². The number of nitrogens with zero attached hydrogens (tertiary/aromatic N) is 4. The summed E-state index contributed by atoms with van der Waals surface area (Å²) >= 11 is 0. The lowest BCUT2D eigenvalue weighted by Crippen LogP contribution is -2.38. The number of pyridine rings is 1. The molecule has 0 saturated heterocycles.